The van der Waals surface area contributed by atoms with Gasteiger partial charge in [0.2, 0.25) is 0 Å². The summed E-state index contributed by atoms with van der Waals surface area (Å²) in [6.07, 6.45) is 2.91. The van der Waals surface area contributed by atoms with Crippen molar-refractivity contribution in [2.24, 2.45) is 0 Å². The maximum absolute atomic E-state index is 9.06. The number of nitrogens with zero attached hydrogens (tertiary/aromatic N) is 4. The highest BCUT2D eigenvalue weighted by molar-refractivity contribution is 7.11. The smallest absolute Gasteiger partial charge is 0.125 e. The predicted octanol–water partition coefficient (Wildman–Crippen LogP) is 3.71. The molecule has 21 heavy (non-hydrogen) atoms. The molecule has 106 valence electrons. The molecule has 6 heteroatoms. The van der Waals surface area contributed by atoms with Gasteiger partial charge in [0.25, 0.3) is 0 Å². The van der Waals surface area contributed by atoms with Crippen LogP contribution in [0, 0.1) is 11.3 Å². The molecule has 3 rings (SSSR count). The molecule has 2 heterocycles. The van der Waals surface area contributed by atoms with E-state index in [1.807, 2.05) is 22.9 Å². The Morgan fingerprint density at radius 3 is 2.95 bits per heavy atom. The van der Waals surface area contributed by atoms with Crippen LogP contribution in [0.4, 0.5) is 0 Å². The second-order valence-corrected chi connectivity index (χ2v) is 6.10. The van der Waals surface area contributed by atoms with Crippen molar-refractivity contribution in [3.05, 3.63) is 45.7 Å². The molecule has 0 aliphatic rings. The van der Waals surface area contributed by atoms with E-state index < -0.39 is 0 Å². The Morgan fingerprint density at radius 1 is 1.43 bits per heavy atom. The van der Waals surface area contributed by atoms with Crippen LogP contribution in [-0.4, -0.2) is 14.5 Å². The third kappa shape index (κ3) is 2.65. The molecule has 0 radical (unpaired) electrons. The first kappa shape index (κ1) is 14.1. The Kier molecular flexibility index (Phi) is 3.91. The monoisotopic (exact) mass is 316 g/mol. The first-order valence-electron chi connectivity index (χ1n) is 6.64. The number of rotatable bonds is 4. The average Bonchev–Trinajstić information content (AvgIpc) is 3.11. The molecule has 3 aromatic rings. The lowest BCUT2D eigenvalue weighted by Crippen LogP contribution is -2.03. The molecule has 0 aliphatic carbocycles. The van der Waals surface area contributed by atoms with Gasteiger partial charge in [-0.25, -0.2) is 9.97 Å². The number of fused-ring (bicyclic) bond motifs is 1. The fourth-order valence-corrected chi connectivity index (χ4v) is 3.30. The van der Waals surface area contributed by atoms with E-state index in [4.69, 9.17) is 16.9 Å². The van der Waals surface area contributed by atoms with Crippen LogP contribution in [0.1, 0.15) is 28.2 Å². The van der Waals surface area contributed by atoms with E-state index in [1.165, 1.54) is 4.88 Å². The van der Waals surface area contributed by atoms with E-state index in [2.05, 4.69) is 23.0 Å². The lowest BCUT2D eigenvalue weighted by molar-refractivity contribution is 0.773. The summed E-state index contributed by atoms with van der Waals surface area (Å²) in [6.45, 7) is 2.76. The van der Waals surface area contributed by atoms with E-state index in [0.717, 1.165) is 28.3 Å². The van der Waals surface area contributed by atoms with Crippen molar-refractivity contribution in [2.75, 3.05) is 0 Å². The lowest BCUT2D eigenvalue weighted by atomic mass is 10.2. The maximum Gasteiger partial charge on any atom is 0.125 e. The van der Waals surface area contributed by atoms with Crippen LogP contribution in [0.2, 0.25) is 0 Å². The van der Waals surface area contributed by atoms with E-state index >= 15 is 0 Å². The highest BCUT2D eigenvalue weighted by Crippen LogP contribution is 2.22. The van der Waals surface area contributed by atoms with Crippen LogP contribution in [0.15, 0.2) is 24.4 Å². The van der Waals surface area contributed by atoms with E-state index in [1.54, 1.807) is 17.4 Å². The van der Waals surface area contributed by atoms with Crippen LogP contribution < -0.4 is 0 Å². The molecule has 0 saturated heterocycles. The third-order valence-corrected chi connectivity index (χ3v) is 4.68. The van der Waals surface area contributed by atoms with Gasteiger partial charge in [-0.3, -0.25) is 0 Å². The molecule has 0 unspecified atom stereocenters. The molecule has 1 aromatic carbocycles. The number of hydrogen-bond donors (Lipinski definition) is 0. The van der Waals surface area contributed by atoms with Gasteiger partial charge in [0.05, 0.1) is 35.1 Å². The van der Waals surface area contributed by atoms with Crippen LogP contribution in [0.5, 0.6) is 0 Å². The second kappa shape index (κ2) is 5.84. The molecular formula is C15H13ClN4S. The molecule has 2 aromatic heterocycles. The van der Waals surface area contributed by atoms with Gasteiger partial charge in [-0.15, -0.1) is 22.9 Å². The number of alkyl halides is 1. The zero-order valence-electron chi connectivity index (χ0n) is 11.5. The third-order valence-electron chi connectivity index (χ3n) is 3.32. The predicted molar refractivity (Wildman–Crippen MR) is 84.6 cm³/mol. The molecule has 0 atom stereocenters. The summed E-state index contributed by atoms with van der Waals surface area (Å²) in [5.74, 6) is 1.14. The Bertz CT molecular complexity index is 828. The molecule has 0 saturated carbocycles. The minimum absolute atomic E-state index is 0.336. The van der Waals surface area contributed by atoms with Crippen LogP contribution in [-0.2, 0) is 18.8 Å². The quantitative estimate of drug-likeness (QED) is 0.689. The Balaban J connectivity index is 2.08. The van der Waals surface area contributed by atoms with Crippen molar-refractivity contribution in [1.29, 1.82) is 5.26 Å². The molecule has 0 spiro atoms. The first-order chi connectivity index (χ1) is 10.2. The number of nitriles is 1. The Labute approximate surface area is 131 Å². The lowest BCUT2D eigenvalue weighted by Gasteiger charge is -2.05. The topological polar surface area (TPSA) is 54.5 Å². The second-order valence-electron chi connectivity index (χ2n) is 4.64. The van der Waals surface area contributed by atoms with Gasteiger partial charge < -0.3 is 4.57 Å². The van der Waals surface area contributed by atoms with Gasteiger partial charge in [0, 0.05) is 11.1 Å². The molecule has 0 amide bonds. The molecule has 4 nitrogen and oxygen atoms in total. The first-order valence-corrected chi connectivity index (χ1v) is 7.99. The van der Waals surface area contributed by atoms with E-state index in [0.29, 0.717) is 18.0 Å². The van der Waals surface area contributed by atoms with Gasteiger partial charge in [-0.1, -0.05) is 6.92 Å². The molecule has 0 aliphatic heterocycles. The highest BCUT2D eigenvalue weighted by atomic mass is 35.5. The van der Waals surface area contributed by atoms with Gasteiger partial charge in [-0.05, 0) is 24.6 Å². The van der Waals surface area contributed by atoms with Crippen LogP contribution >= 0.6 is 22.9 Å². The molecule has 0 N–H and O–H groups in total. The van der Waals surface area contributed by atoms with Gasteiger partial charge in [0.15, 0.2) is 0 Å². The average molecular weight is 317 g/mol. The summed E-state index contributed by atoms with van der Waals surface area (Å²) < 4.78 is 2.04. The summed E-state index contributed by atoms with van der Waals surface area (Å²) >= 11 is 7.71. The van der Waals surface area contributed by atoms with Crippen LogP contribution in [0.3, 0.4) is 0 Å². The fraction of sp³-hybridized carbons (Fsp3) is 0.267. The molecular weight excluding hydrogens is 304 g/mol. The van der Waals surface area contributed by atoms with Crippen LogP contribution in [0.25, 0.3) is 11.0 Å². The number of benzene rings is 1. The van der Waals surface area contributed by atoms with Crippen molar-refractivity contribution in [3.63, 3.8) is 0 Å². The number of hydrogen-bond acceptors (Lipinski definition) is 4. The Hall–Kier alpha value is -1.90. The van der Waals surface area contributed by atoms with Crippen molar-refractivity contribution < 1.29 is 0 Å². The maximum atomic E-state index is 9.06. The summed E-state index contributed by atoms with van der Waals surface area (Å²) in [4.78, 5) is 10.2. The van der Waals surface area contributed by atoms with E-state index in [9.17, 15) is 0 Å². The van der Waals surface area contributed by atoms with Gasteiger partial charge >= 0.3 is 0 Å². The summed E-state index contributed by atoms with van der Waals surface area (Å²) in [5.41, 5.74) is 2.41. The van der Waals surface area contributed by atoms with Gasteiger partial charge in [-0.2, -0.15) is 5.26 Å². The number of aromatic nitrogens is 3. The van der Waals surface area contributed by atoms with Crippen molar-refractivity contribution in [1.82, 2.24) is 14.5 Å². The molecule has 0 bridgehead atoms. The zero-order chi connectivity index (χ0) is 14.8. The zero-order valence-corrected chi connectivity index (χ0v) is 13.1. The Morgan fingerprint density at radius 2 is 2.29 bits per heavy atom. The minimum Gasteiger partial charge on any atom is -0.320 e. The number of halogens is 1. The highest BCUT2D eigenvalue weighted by Gasteiger charge is 2.12. The number of imidazole rings is 1. The fourth-order valence-electron chi connectivity index (χ4n) is 2.24. The number of thiazole rings is 1. The summed E-state index contributed by atoms with van der Waals surface area (Å²) in [6, 6.07) is 7.65. The van der Waals surface area contributed by atoms with Crippen molar-refractivity contribution in [3.8, 4) is 6.07 Å². The minimum atomic E-state index is 0.336. The standard InChI is InChI=1S/C15H13ClN4S/c1-2-11-8-18-15(21-11)9-20-13-5-10(7-17)3-4-12(13)19-14(20)6-16/h3-5,8H,2,6,9H2,1H3. The van der Waals surface area contributed by atoms with Crippen molar-refractivity contribution >= 4 is 34.0 Å². The normalized spacial score (nSPS) is 10.9. The SMILES string of the molecule is CCc1cnc(Cn2c(CCl)nc3ccc(C#N)cc32)s1. The van der Waals surface area contributed by atoms with E-state index in [-0.39, 0.29) is 0 Å². The molecule has 0 fully saturated rings. The summed E-state index contributed by atoms with van der Waals surface area (Å²) in [7, 11) is 0. The number of aryl methyl sites for hydroxylation is 1. The summed E-state index contributed by atoms with van der Waals surface area (Å²) in [5, 5.41) is 10.1. The largest absolute Gasteiger partial charge is 0.320 e. The van der Waals surface area contributed by atoms with Gasteiger partial charge in [0.1, 0.15) is 10.8 Å². The van der Waals surface area contributed by atoms with Crippen molar-refractivity contribution in [2.45, 2.75) is 25.8 Å².